The average Bonchev–Trinajstić information content (AvgIpc) is 3.15. The smallest absolute Gasteiger partial charge is 0.378 e. The number of rotatable bonds is 3. The van der Waals surface area contributed by atoms with Crippen molar-refractivity contribution in [2.45, 2.75) is 20.8 Å². The summed E-state index contributed by atoms with van der Waals surface area (Å²) in [4.78, 5) is 20.4. The molecule has 0 N–H and O–H groups in total. The quantitative estimate of drug-likeness (QED) is 0.525. The molecule has 0 aliphatic heterocycles. The van der Waals surface area contributed by atoms with Crippen LogP contribution >= 0.6 is 22.9 Å². The molecule has 3 aromatic heterocycles. The van der Waals surface area contributed by atoms with Crippen LogP contribution in [-0.4, -0.2) is 32.2 Å². The third-order valence-electron chi connectivity index (χ3n) is 3.42. The minimum Gasteiger partial charge on any atom is -0.460 e. The van der Waals surface area contributed by atoms with E-state index in [1.807, 2.05) is 12.3 Å². The molecule has 7 nitrogen and oxygen atoms in total. The highest BCUT2D eigenvalue weighted by molar-refractivity contribution is 7.09. The van der Waals surface area contributed by atoms with E-state index in [0.29, 0.717) is 22.4 Å². The molecule has 122 valence electrons. The van der Waals surface area contributed by atoms with Gasteiger partial charge in [-0.15, -0.1) is 16.4 Å². The summed E-state index contributed by atoms with van der Waals surface area (Å²) < 4.78 is 6.19. The van der Waals surface area contributed by atoms with E-state index in [-0.39, 0.29) is 23.2 Å². The van der Waals surface area contributed by atoms with E-state index in [9.17, 15) is 10.1 Å². The SMILES string of the molecule is CCOC(=O)c1nc2c(C#N)c(C)c(-c3csc(C)n3)c(Cl)n2n1. The summed E-state index contributed by atoms with van der Waals surface area (Å²) in [5, 5.41) is 16.6. The number of hydrogen-bond acceptors (Lipinski definition) is 7. The molecule has 0 bridgehead atoms. The van der Waals surface area contributed by atoms with Crippen LogP contribution in [0.15, 0.2) is 5.38 Å². The number of ether oxygens (including phenoxy) is 1. The highest BCUT2D eigenvalue weighted by atomic mass is 35.5. The zero-order valence-electron chi connectivity index (χ0n) is 13.1. The average molecular weight is 362 g/mol. The van der Waals surface area contributed by atoms with Crippen molar-refractivity contribution in [3.05, 3.63) is 32.5 Å². The molecule has 0 amide bonds. The normalized spacial score (nSPS) is 10.8. The summed E-state index contributed by atoms with van der Waals surface area (Å²) in [6.45, 7) is 5.55. The monoisotopic (exact) mass is 361 g/mol. The predicted octanol–water partition coefficient (Wildman–Crippen LogP) is 3.17. The highest BCUT2D eigenvalue weighted by Gasteiger charge is 2.24. The van der Waals surface area contributed by atoms with Crippen LogP contribution in [0.1, 0.15) is 33.7 Å². The first-order valence-corrected chi connectivity index (χ1v) is 8.32. The summed E-state index contributed by atoms with van der Waals surface area (Å²) in [6.07, 6.45) is 0. The minimum absolute atomic E-state index is 0.138. The van der Waals surface area contributed by atoms with Gasteiger partial charge in [0, 0.05) is 10.9 Å². The first kappa shape index (κ1) is 16.4. The van der Waals surface area contributed by atoms with Crippen LogP contribution in [0.4, 0.5) is 0 Å². The molecule has 0 unspecified atom stereocenters. The third kappa shape index (κ3) is 2.52. The Bertz CT molecular complexity index is 1000. The van der Waals surface area contributed by atoms with Gasteiger partial charge in [0.05, 0.1) is 17.3 Å². The molecule has 0 aliphatic carbocycles. The standard InChI is InChI=1S/C15H12ClN5O2S/c1-4-23-15(22)13-19-14-9(5-17)7(2)11(12(16)21(14)20-13)10-6-24-8(3)18-10/h6H,4H2,1-3H3. The second-order valence-corrected chi connectivity index (χ2v) is 6.34. The molecular weight excluding hydrogens is 350 g/mol. The largest absolute Gasteiger partial charge is 0.460 e. The molecule has 9 heteroatoms. The van der Waals surface area contributed by atoms with Crippen molar-refractivity contribution in [1.82, 2.24) is 19.6 Å². The predicted molar refractivity (Wildman–Crippen MR) is 89.3 cm³/mol. The van der Waals surface area contributed by atoms with E-state index in [1.165, 1.54) is 15.9 Å². The number of aryl methyl sites for hydroxylation is 1. The molecule has 0 atom stereocenters. The van der Waals surface area contributed by atoms with Gasteiger partial charge in [-0.25, -0.2) is 9.78 Å². The van der Waals surface area contributed by atoms with Crippen molar-refractivity contribution in [2.24, 2.45) is 0 Å². The fourth-order valence-corrected chi connectivity index (χ4v) is 3.32. The molecule has 3 rings (SSSR count). The van der Waals surface area contributed by atoms with E-state index < -0.39 is 5.97 Å². The Morgan fingerprint density at radius 2 is 2.21 bits per heavy atom. The molecule has 0 spiro atoms. The number of esters is 1. The molecule has 3 aromatic rings. The van der Waals surface area contributed by atoms with Gasteiger partial charge >= 0.3 is 5.97 Å². The van der Waals surface area contributed by atoms with Crippen molar-refractivity contribution < 1.29 is 9.53 Å². The lowest BCUT2D eigenvalue weighted by atomic mass is 10.0. The van der Waals surface area contributed by atoms with E-state index in [1.54, 1.807) is 13.8 Å². The van der Waals surface area contributed by atoms with Gasteiger partial charge < -0.3 is 4.74 Å². The number of fused-ring (bicyclic) bond motifs is 1. The molecule has 0 radical (unpaired) electrons. The van der Waals surface area contributed by atoms with Gasteiger partial charge in [-0.05, 0) is 26.3 Å². The van der Waals surface area contributed by atoms with Crippen molar-refractivity contribution >= 4 is 34.6 Å². The van der Waals surface area contributed by atoms with Gasteiger partial charge in [-0.1, -0.05) is 11.6 Å². The van der Waals surface area contributed by atoms with Gasteiger partial charge in [-0.3, -0.25) is 0 Å². The summed E-state index contributed by atoms with van der Waals surface area (Å²) in [5.41, 5.74) is 2.42. The van der Waals surface area contributed by atoms with Gasteiger partial charge in [0.15, 0.2) is 5.65 Å². The van der Waals surface area contributed by atoms with Crippen molar-refractivity contribution in [1.29, 1.82) is 5.26 Å². The number of nitrogens with zero attached hydrogens (tertiary/aromatic N) is 5. The Balaban J connectivity index is 2.32. The number of carbonyl (C=O) groups excluding carboxylic acids is 1. The van der Waals surface area contributed by atoms with Crippen LogP contribution in [0.2, 0.25) is 5.15 Å². The number of hydrogen-bond donors (Lipinski definition) is 0. The van der Waals surface area contributed by atoms with E-state index in [0.717, 1.165) is 5.01 Å². The van der Waals surface area contributed by atoms with E-state index in [4.69, 9.17) is 16.3 Å². The van der Waals surface area contributed by atoms with Gasteiger partial charge in [0.25, 0.3) is 5.82 Å². The number of nitriles is 1. The van der Waals surface area contributed by atoms with Crippen LogP contribution < -0.4 is 0 Å². The number of halogens is 1. The molecule has 0 aliphatic rings. The summed E-state index contributed by atoms with van der Waals surface area (Å²) >= 11 is 7.96. The van der Waals surface area contributed by atoms with E-state index >= 15 is 0 Å². The Morgan fingerprint density at radius 1 is 1.46 bits per heavy atom. The number of thiazole rings is 1. The number of pyridine rings is 1. The molecule has 3 heterocycles. The summed E-state index contributed by atoms with van der Waals surface area (Å²) in [7, 11) is 0. The second-order valence-electron chi connectivity index (χ2n) is 4.92. The van der Waals surface area contributed by atoms with Gasteiger partial charge in [-0.2, -0.15) is 14.8 Å². The van der Waals surface area contributed by atoms with Crippen molar-refractivity contribution in [3.8, 4) is 17.3 Å². The lowest BCUT2D eigenvalue weighted by Gasteiger charge is -2.09. The molecule has 0 saturated heterocycles. The van der Waals surface area contributed by atoms with Crippen LogP contribution in [0.5, 0.6) is 0 Å². The lowest BCUT2D eigenvalue weighted by Crippen LogP contribution is -2.07. The molecule has 0 saturated carbocycles. The minimum atomic E-state index is -0.662. The maximum Gasteiger partial charge on any atom is 0.378 e. The third-order valence-corrected chi connectivity index (χ3v) is 4.54. The second kappa shape index (κ2) is 6.19. The Labute approximate surface area is 146 Å². The zero-order chi connectivity index (χ0) is 17.4. The molecule has 0 aromatic carbocycles. The summed E-state index contributed by atoms with van der Waals surface area (Å²) in [6, 6.07) is 2.11. The van der Waals surface area contributed by atoms with Crippen LogP contribution in [-0.2, 0) is 4.74 Å². The fourth-order valence-electron chi connectivity index (χ4n) is 2.36. The molecular formula is C15H12ClN5O2S. The maximum atomic E-state index is 11.9. The zero-order valence-corrected chi connectivity index (χ0v) is 14.7. The first-order chi connectivity index (χ1) is 11.5. The fraction of sp³-hybridized carbons (Fsp3) is 0.267. The Kier molecular flexibility index (Phi) is 4.22. The summed E-state index contributed by atoms with van der Waals surface area (Å²) in [5.74, 6) is -0.800. The van der Waals surface area contributed by atoms with Gasteiger partial charge in [0.2, 0.25) is 0 Å². The highest BCUT2D eigenvalue weighted by Crippen LogP contribution is 2.35. The lowest BCUT2D eigenvalue weighted by molar-refractivity contribution is 0.0512. The van der Waals surface area contributed by atoms with Crippen LogP contribution in [0.25, 0.3) is 16.9 Å². The molecule has 24 heavy (non-hydrogen) atoms. The molecule has 0 fully saturated rings. The van der Waals surface area contributed by atoms with Gasteiger partial charge in [0.1, 0.15) is 16.8 Å². The van der Waals surface area contributed by atoms with Crippen molar-refractivity contribution in [3.63, 3.8) is 0 Å². The van der Waals surface area contributed by atoms with Crippen molar-refractivity contribution in [2.75, 3.05) is 6.61 Å². The van der Waals surface area contributed by atoms with E-state index in [2.05, 4.69) is 21.1 Å². The number of aromatic nitrogens is 4. The van der Waals surface area contributed by atoms with Crippen LogP contribution in [0, 0.1) is 25.2 Å². The Morgan fingerprint density at radius 3 is 2.79 bits per heavy atom. The maximum absolute atomic E-state index is 11.9. The Hall–Kier alpha value is -2.50. The first-order valence-electron chi connectivity index (χ1n) is 7.06. The topological polar surface area (TPSA) is 93.2 Å². The van der Waals surface area contributed by atoms with Crippen LogP contribution in [0.3, 0.4) is 0 Å². The number of carbonyl (C=O) groups is 1.